The summed E-state index contributed by atoms with van der Waals surface area (Å²) in [7, 11) is 0. The molecule has 0 aliphatic heterocycles. The van der Waals surface area contributed by atoms with Crippen LogP contribution in [0.3, 0.4) is 0 Å². The summed E-state index contributed by atoms with van der Waals surface area (Å²) >= 11 is 3.52. The number of hydrogen-bond acceptors (Lipinski definition) is 8. The van der Waals surface area contributed by atoms with Crippen molar-refractivity contribution in [1.29, 1.82) is 0 Å². The van der Waals surface area contributed by atoms with E-state index in [9.17, 15) is 0 Å². The number of aromatic amines is 1. The Morgan fingerprint density at radius 1 is 0.210 bits per heavy atom. The van der Waals surface area contributed by atoms with E-state index in [1.807, 2.05) is 152 Å². The Hall–Kier alpha value is -15.8. The van der Waals surface area contributed by atoms with Gasteiger partial charge in [-0.25, -0.2) is 39.9 Å². The number of fused-ring (bicyclic) bond motifs is 16. The van der Waals surface area contributed by atoms with Crippen LogP contribution in [0, 0.1) is 0 Å². The van der Waals surface area contributed by atoms with Crippen molar-refractivity contribution in [2.24, 2.45) is 0 Å². The number of imidazole rings is 4. The first kappa shape index (κ1) is 69.8. The lowest BCUT2D eigenvalue weighted by molar-refractivity contribution is 1.07. The Balaban J connectivity index is 0.000000120. The predicted octanol–water partition coefficient (Wildman–Crippen LogP) is 25.7. The quantitative estimate of drug-likeness (QED) is 0.135. The van der Waals surface area contributed by atoms with E-state index in [2.05, 4.69) is 297 Å². The zero-order valence-corrected chi connectivity index (χ0v) is 65.4. The molecule has 0 fully saturated rings. The first-order chi connectivity index (χ1) is 58.9. The second kappa shape index (κ2) is 29.5. The molecular weight excluding hydrogens is 1530 g/mol. The minimum atomic E-state index is 0.620. The van der Waals surface area contributed by atoms with Crippen LogP contribution in [-0.4, -0.2) is 67.4 Å². The SMILES string of the molecule is Brc1cccc(-c2nc(-c3ccccc3)nc(-c3ccccc3)n2)c1.c1ccc(-c2nc(-c3ccccc3)nc(-c3cccc(-n4c5ccccc5c5c(-c6ccc7c(c6)n6c8ccccc8nc6n7-c6ccccc6)cccc54)c3)n2)cc1.c1ccc(-n2c3ccc(-c4cccc5[nH]c6ccccc6c45)cc3n3c4ccccc4nc23)cc1. The maximum absolute atomic E-state index is 5.14. The van der Waals surface area contributed by atoms with E-state index < -0.39 is 0 Å². The fourth-order valence-electron chi connectivity index (χ4n) is 16.8. The average molecular weight is 1590 g/mol. The van der Waals surface area contributed by atoms with Crippen LogP contribution < -0.4 is 0 Å². The highest BCUT2D eigenvalue weighted by molar-refractivity contribution is 9.10. The maximum Gasteiger partial charge on any atom is 0.220 e. The van der Waals surface area contributed by atoms with Crippen molar-refractivity contribution in [1.82, 2.24) is 67.4 Å². The summed E-state index contributed by atoms with van der Waals surface area (Å²) in [5, 5.41) is 4.89. The molecule has 0 aliphatic rings. The molecule has 0 unspecified atom stereocenters. The molecule has 0 bridgehead atoms. The van der Waals surface area contributed by atoms with Crippen LogP contribution in [0.2, 0.25) is 0 Å². The second-order valence-electron chi connectivity index (χ2n) is 29.3. The Kier molecular flexibility index (Phi) is 17.3. The number of H-pyrrole nitrogens is 1. The number of aromatic nitrogens is 14. The molecule has 0 spiro atoms. The molecule has 14 nitrogen and oxygen atoms in total. The van der Waals surface area contributed by atoms with Gasteiger partial charge in [-0.15, -0.1) is 0 Å². The summed E-state index contributed by atoms with van der Waals surface area (Å²) in [6.07, 6.45) is 0. The second-order valence-corrected chi connectivity index (χ2v) is 30.2. The zero-order valence-electron chi connectivity index (χ0n) is 63.8. The van der Waals surface area contributed by atoms with Gasteiger partial charge in [-0.3, -0.25) is 17.9 Å². The van der Waals surface area contributed by atoms with Gasteiger partial charge in [0.2, 0.25) is 11.6 Å². The van der Waals surface area contributed by atoms with Crippen molar-refractivity contribution >= 4 is 115 Å². The number of nitrogens with one attached hydrogen (secondary N) is 1. The molecule has 8 aromatic heterocycles. The molecule has 119 heavy (non-hydrogen) atoms. The van der Waals surface area contributed by atoms with Gasteiger partial charge in [-0.1, -0.05) is 295 Å². The molecule has 0 saturated carbocycles. The number of nitrogens with zero attached hydrogens (tertiary/aromatic N) is 13. The maximum atomic E-state index is 5.14. The number of para-hydroxylation sites is 8. The Morgan fingerprint density at radius 3 is 1.07 bits per heavy atom. The van der Waals surface area contributed by atoms with Gasteiger partial charge in [-0.2, -0.15) is 0 Å². The number of benzene rings is 16. The molecular formula is C104H67BrN14. The lowest BCUT2D eigenvalue weighted by Crippen LogP contribution is -2.01. The van der Waals surface area contributed by atoms with Crippen LogP contribution in [0.25, 0.3) is 207 Å². The minimum absolute atomic E-state index is 0.620. The standard InChI is InChI=1S/C52H33N7.C31H20N4.C21H14BrN3/c1-4-16-34(17-5-1)49-54-50(35-18-6-2-7-19-35)56-51(55-49)37-20-14-23-39(32-37)57-43-27-12-10-24-41(43)48-40(25-15-29-46(48)57)36-30-31-45-47(33-36)59-44-28-13-11-26-42(44)53-52(59)58(45)38-21-8-3-9-22-38;1-2-9-21(10-3-1)34-28-18-17-20(19-29(28)35-27-16-7-6-14-25(27)33-31(34)35)22-12-8-15-26-30(22)23-11-4-5-13-24(23)32-26;22-18-13-7-12-17(14-18)21-24-19(15-8-3-1-4-9-15)23-20(25-21)16-10-5-2-6-11-16/h1-33H;1-19,32H;1-14H. The fourth-order valence-corrected chi connectivity index (χ4v) is 17.2. The molecule has 1 N–H and O–H groups in total. The summed E-state index contributed by atoms with van der Waals surface area (Å²) in [6, 6.07) is 138. The Bertz CT molecular complexity index is 7880. The van der Waals surface area contributed by atoms with Crippen molar-refractivity contribution < 1.29 is 0 Å². The molecule has 15 heteroatoms. The molecule has 24 rings (SSSR count). The zero-order chi connectivity index (χ0) is 78.9. The topological polar surface area (TPSA) is 143 Å². The molecule has 0 amide bonds. The van der Waals surface area contributed by atoms with Gasteiger partial charge in [0.15, 0.2) is 34.9 Å². The average Bonchev–Trinajstić information content (AvgIpc) is 1.56. The van der Waals surface area contributed by atoms with Crippen LogP contribution in [0.15, 0.2) is 405 Å². The van der Waals surface area contributed by atoms with Crippen LogP contribution in [-0.2, 0) is 0 Å². The lowest BCUT2D eigenvalue weighted by atomic mass is 9.99. The summed E-state index contributed by atoms with van der Waals surface area (Å²) in [4.78, 5) is 42.8. The summed E-state index contributed by atoms with van der Waals surface area (Å²) < 4.78 is 12.5. The highest BCUT2D eigenvalue weighted by Gasteiger charge is 2.24. The lowest BCUT2D eigenvalue weighted by Gasteiger charge is -2.12. The van der Waals surface area contributed by atoms with E-state index in [1.54, 1.807) is 0 Å². The van der Waals surface area contributed by atoms with E-state index in [0.717, 1.165) is 144 Å². The van der Waals surface area contributed by atoms with Gasteiger partial charge >= 0.3 is 0 Å². The van der Waals surface area contributed by atoms with E-state index in [-0.39, 0.29) is 0 Å². The Morgan fingerprint density at radius 2 is 0.571 bits per heavy atom. The predicted molar refractivity (Wildman–Crippen MR) is 487 cm³/mol. The smallest absolute Gasteiger partial charge is 0.220 e. The third-order valence-corrected chi connectivity index (χ3v) is 22.6. The third-order valence-electron chi connectivity index (χ3n) is 22.1. The van der Waals surface area contributed by atoms with Gasteiger partial charge in [-0.05, 0) is 144 Å². The van der Waals surface area contributed by atoms with Crippen molar-refractivity contribution in [2.45, 2.75) is 0 Å². The van der Waals surface area contributed by atoms with Gasteiger partial charge in [0.1, 0.15) is 0 Å². The highest BCUT2D eigenvalue weighted by Crippen LogP contribution is 2.43. The molecule has 24 aromatic rings. The first-order valence-corrected chi connectivity index (χ1v) is 40.3. The molecule has 16 aromatic carbocycles. The summed E-state index contributed by atoms with van der Waals surface area (Å²) in [6.45, 7) is 0. The summed E-state index contributed by atoms with van der Waals surface area (Å²) in [5.74, 6) is 5.72. The van der Waals surface area contributed by atoms with Gasteiger partial charge < -0.3 is 9.55 Å². The molecule has 0 radical (unpaired) electrons. The number of halogens is 1. The van der Waals surface area contributed by atoms with Gasteiger partial charge in [0, 0.05) is 87.5 Å². The largest absolute Gasteiger partial charge is 0.354 e. The highest BCUT2D eigenvalue weighted by atomic mass is 79.9. The van der Waals surface area contributed by atoms with Crippen molar-refractivity contribution in [3.05, 3.63) is 405 Å². The fraction of sp³-hybridized carbons (Fsp3) is 0. The van der Waals surface area contributed by atoms with E-state index in [0.29, 0.717) is 34.9 Å². The molecule has 8 heterocycles. The van der Waals surface area contributed by atoms with E-state index in [1.165, 1.54) is 32.7 Å². The van der Waals surface area contributed by atoms with Crippen LogP contribution in [0.5, 0.6) is 0 Å². The normalized spacial score (nSPS) is 11.6. The third kappa shape index (κ3) is 12.5. The molecule has 0 saturated heterocycles. The number of rotatable bonds is 11. The van der Waals surface area contributed by atoms with Crippen LogP contribution in [0.1, 0.15) is 0 Å². The molecule has 560 valence electrons. The van der Waals surface area contributed by atoms with E-state index >= 15 is 0 Å². The molecule has 0 atom stereocenters. The summed E-state index contributed by atoms with van der Waals surface area (Å²) in [5.41, 5.74) is 26.8. The monoisotopic (exact) mass is 1590 g/mol. The van der Waals surface area contributed by atoms with E-state index in [4.69, 9.17) is 34.9 Å². The first-order valence-electron chi connectivity index (χ1n) is 39.5. The van der Waals surface area contributed by atoms with Crippen LogP contribution in [0.4, 0.5) is 0 Å². The molecule has 0 aliphatic carbocycles. The van der Waals surface area contributed by atoms with Gasteiger partial charge in [0.25, 0.3) is 0 Å². The van der Waals surface area contributed by atoms with Crippen molar-refractivity contribution in [3.63, 3.8) is 0 Å². The minimum Gasteiger partial charge on any atom is -0.354 e. The van der Waals surface area contributed by atoms with Crippen molar-refractivity contribution in [3.8, 4) is 108 Å². The van der Waals surface area contributed by atoms with Gasteiger partial charge in [0.05, 0.1) is 55.2 Å². The van der Waals surface area contributed by atoms with Crippen molar-refractivity contribution in [2.75, 3.05) is 0 Å². The number of hydrogen-bond donors (Lipinski definition) is 1. The Labute approximate surface area is 690 Å². The van der Waals surface area contributed by atoms with Crippen LogP contribution >= 0.6 is 15.9 Å².